The summed E-state index contributed by atoms with van der Waals surface area (Å²) in [5, 5.41) is 12.0. The number of hydrogen-bond donors (Lipinski definition) is 3. The zero-order valence-corrected chi connectivity index (χ0v) is 11.7. The Hall–Kier alpha value is -2.13. The van der Waals surface area contributed by atoms with E-state index in [-0.39, 0.29) is 18.9 Å². The summed E-state index contributed by atoms with van der Waals surface area (Å²) in [7, 11) is 0. The first-order valence-corrected chi connectivity index (χ1v) is 6.44. The first-order valence-electron chi connectivity index (χ1n) is 6.44. The molecule has 0 saturated carbocycles. The number of nitrogens with two attached hydrogens (primary N) is 1. The minimum atomic E-state index is -1.17. The molecule has 1 aromatic rings. The molecule has 21 heavy (non-hydrogen) atoms. The zero-order valence-electron chi connectivity index (χ0n) is 11.7. The quantitative estimate of drug-likeness (QED) is 0.657. The second-order valence-corrected chi connectivity index (χ2v) is 5.04. The SMILES string of the molecule is Cc1o[nH]c(=O)c1CN1OC(C)C(CC(N)C(=O)O)C1=O. The van der Waals surface area contributed by atoms with Crippen LogP contribution in [0.4, 0.5) is 0 Å². The molecule has 116 valence electrons. The summed E-state index contributed by atoms with van der Waals surface area (Å²) in [6, 6.07) is -1.14. The number of aliphatic carboxylic acids is 1. The van der Waals surface area contributed by atoms with Crippen LogP contribution in [0.3, 0.4) is 0 Å². The van der Waals surface area contributed by atoms with Gasteiger partial charge in [-0.3, -0.25) is 19.2 Å². The van der Waals surface area contributed by atoms with Crippen LogP contribution in [-0.2, 0) is 21.0 Å². The normalized spacial score (nSPS) is 23.6. The Morgan fingerprint density at radius 3 is 2.71 bits per heavy atom. The van der Waals surface area contributed by atoms with E-state index >= 15 is 0 Å². The highest BCUT2D eigenvalue weighted by molar-refractivity contribution is 5.81. The number of H-pyrrole nitrogens is 1. The number of amides is 1. The molecule has 1 saturated heterocycles. The number of hydrogen-bond acceptors (Lipinski definition) is 6. The van der Waals surface area contributed by atoms with Gasteiger partial charge in [0.25, 0.3) is 11.5 Å². The average Bonchev–Trinajstić information content (AvgIpc) is 2.86. The van der Waals surface area contributed by atoms with Gasteiger partial charge in [-0.1, -0.05) is 0 Å². The summed E-state index contributed by atoms with van der Waals surface area (Å²) in [6.45, 7) is 3.19. The second kappa shape index (κ2) is 5.70. The average molecular weight is 299 g/mol. The standard InChI is InChI=1S/C12H17N3O6/c1-5-8(10(16)14-20-5)4-15-11(17)7(6(2)21-15)3-9(13)12(18)19/h6-7,9H,3-4,13H2,1-2H3,(H,14,16)(H,18,19). The maximum atomic E-state index is 12.2. The lowest BCUT2D eigenvalue weighted by atomic mass is 9.95. The van der Waals surface area contributed by atoms with Crippen molar-refractivity contribution in [1.29, 1.82) is 0 Å². The highest BCUT2D eigenvalue weighted by atomic mass is 16.7. The first-order chi connectivity index (χ1) is 9.81. The van der Waals surface area contributed by atoms with Gasteiger partial charge in [-0.05, 0) is 20.3 Å². The van der Waals surface area contributed by atoms with E-state index in [1.165, 1.54) is 0 Å². The maximum absolute atomic E-state index is 12.2. The largest absolute Gasteiger partial charge is 0.480 e. The van der Waals surface area contributed by atoms with Crippen LogP contribution in [0.2, 0.25) is 0 Å². The molecule has 1 aliphatic heterocycles. The van der Waals surface area contributed by atoms with E-state index in [1.54, 1.807) is 13.8 Å². The predicted octanol–water partition coefficient (Wildman–Crippen LogP) is -0.643. The fourth-order valence-corrected chi connectivity index (χ4v) is 2.23. The van der Waals surface area contributed by atoms with Crippen LogP contribution in [0.25, 0.3) is 0 Å². The molecule has 1 aromatic heterocycles. The number of aromatic nitrogens is 1. The molecule has 0 bridgehead atoms. The summed E-state index contributed by atoms with van der Waals surface area (Å²) in [5.41, 5.74) is 5.32. The van der Waals surface area contributed by atoms with Crippen molar-refractivity contribution < 1.29 is 24.1 Å². The van der Waals surface area contributed by atoms with Crippen molar-refractivity contribution in [3.05, 3.63) is 21.7 Å². The minimum Gasteiger partial charge on any atom is -0.480 e. The number of rotatable bonds is 5. The summed E-state index contributed by atoms with van der Waals surface area (Å²) < 4.78 is 4.86. The van der Waals surface area contributed by atoms with E-state index < -0.39 is 29.6 Å². The van der Waals surface area contributed by atoms with Gasteiger partial charge < -0.3 is 15.4 Å². The number of carbonyl (C=O) groups is 2. The zero-order chi connectivity index (χ0) is 15.7. The van der Waals surface area contributed by atoms with Crippen LogP contribution >= 0.6 is 0 Å². The number of aromatic amines is 1. The molecule has 1 aliphatic rings. The molecule has 2 heterocycles. The van der Waals surface area contributed by atoms with Crippen molar-refractivity contribution in [3.63, 3.8) is 0 Å². The van der Waals surface area contributed by atoms with Crippen LogP contribution in [0, 0.1) is 12.8 Å². The number of aryl methyl sites for hydroxylation is 1. The highest BCUT2D eigenvalue weighted by Gasteiger charge is 2.41. The lowest BCUT2D eigenvalue weighted by Gasteiger charge is -2.13. The van der Waals surface area contributed by atoms with Crippen molar-refractivity contribution >= 4 is 11.9 Å². The molecular weight excluding hydrogens is 282 g/mol. The Bertz CT molecular complexity index is 606. The van der Waals surface area contributed by atoms with Gasteiger partial charge >= 0.3 is 5.97 Å². The Labute approximate surface area is 119 Å². The van der Waals surface area contributed by atoms with Crippen molar-refractivity contribution in [2.45, 2.75) is 39.0 Å². The summed E-state index contributed by atoms with van der Waals surface area (Å²) in [5.74, 6) is -1.84. The lowest BCUT2D eigenvalue weighted by Crippen LogP contribution is -2.36. The first kappa shape index (κ1) is 15.3. The van der Waals surface area contributed by atoms with Crippen LogP contribution in [0.1, 0.15) is 24.7 Å². The monoisotopic (exact) mass is 299 g/mol. The number of nitrogens with one attached hydrogen (secondary N) is 1. The molecule has 0 aromatic carbocycles. The molecule has 0 spiro atoms. The maximum Gasteiger partial charge on any atom is 0.320 e. The molecule has 9 heteroatoms. The third kappa shape index (κ3) is 2.98. The van der Waals surface area contributed by atoms with Crippen molar-refractivity contribution in [2.75, 3.05) is 0 Å². The van der Waals surface area contributed by atoms with Gasteiger partial charge in [0, 0.05) is 0 Å². The molecule has 1 fully saturated rings. The molecule has 0 aliphatic carbocycles. The minimum absolute atomic E-state index is 0.0213. The molecule has 1 amide bonds. The van der Waals surface area contributed by atoms with Gasteiger partial charge in [-0.15, -0.1) is 0 Å². The molecule has 4 N–H and O–H groups in total. The van der Waals surface area contributed by atoms with E-state index in [1.807, 2.05) is 0 Å². The van der Waals surface area contributed by atoms with Crippen LogP contribution in [0.15, 0.2) is 9.32 Å². The summed E-state index contributed by atoms with van der Waals surface area (Å²) in [4.78, 5) is 39.9. The number of carboxylic acids is 1. The van der Waals surface area contributed by atoms with Gasteiger partial charge in [-0.25, -0.2) is 5.06 Å². The van der Waals surface area contributed by atoms with Crippen LogP contribution in [-0.4, -0.2) is 39.3 Å². The number of nitrogens with zero attached hydrogens (tertiary/aromatic N) is 1. The third-order valence-corrected chi connectivity index (χ3v) is 3.55. The Kier molecular flexibility index (Phi) is 4.14. The highest BCUT2D eigenvalue weighted by Crippen LogP contribution is 2.27. The number of carboxylic acid groups (broad SMARTS) is 1. The van der Waals surface area contributed by atoms with Crippen LogP contribution < -0.4 is 11.3 Å². The van der Waals surface area contributed by atoms with Gasteiger partial charge in [0.1, 0.15) is 11.8 Å². The molecular formula is C12H17N3O6. The Morgan fingerprint density at radius 2 is 2.19 bits per heavy atom. The van der Waals surface area contributed by atoms with Gasteiger partial charge in [0.15, 0.2) is 0 Å². The third-order valence-electron chi connectivity index (χ3n) is 3.55. The molecule has 9 nitrogen and oxygen atoms in total. The smallest absolute Gasteiger partial charge is 0.320 e. The lowest BCUT2D eigenvalue weighted by molar-refractivity contribution is -0.174. The summed E-state index contributed by atoms with van der Waals surface area (Å²) in [6.07, 6.45) is -0.527. The van der Waals surface area contributed by atoms with E-state index in [0.29, 0.717) is 11.3 Å². The Balaban J connectivity index is 2.09. The van der Waals surface area contributed by atoms with Gasteiger partial charge in [0.2, 0.25) is 0 Å². The predicted molar refractivity (Wildman–Crippen MR) is 68.9 cm³/mol. The van der Waals surface area contributed by atoms with E-state index in [2.05, 4.69) is 5.16 Å². The fraction of sp³-hybridized carbons (Fsp3) is 0.583. The van der Waals surface area contributed by atoms with Gasteiger partial charge in [-0.2, -0.15) is 5.16 Å². The van der Waals surface area contributed by atoms with Crippen molar-refractivity contribution in [2.24, 2.45) is 11.7 Å². The summed E-state index contributed by atoms with van der Waals surface area (Å²) >= 11 is 0. The molecule has 3 unspecified atom stereocenters. The topological polar surface area (TPSA) is 139 Å². The van der Waals surface area contributed by atoms with E-state index in [0.717, 1.165) is 5.06 Å². The van der Waals surface area contributed by atoms with E-state index in [4.69, 9.17) is 20.2 Å². The van der Waals surface area contributed by atoms with Crippen molar-refractivity contribution in [1.82, 2.24) is 10.2 Å². The van der Waals surface area contributed by atoms with E-state index in [9.17, 15) is 14.4 Å². The molecule has 0 radical (unpaired) electrons. The number of carbonyl (C=O) groups excluding carboxylic acids is 1. The van der Waals surface area contributed by atoms with Crippen LogP contribution in [0.5, 0.6) is 0 Å². The fourth-order valence-electron chi connectivity index (χ4n) is 2.23. The Morgan fingerprint density at radius 1 is 1.52 bits per heavy atom. The molecule has 2 rings (SSSR count). The number of hydroxylamine groups is 2. The second-order valence-electron chi connectivity index (χ2n) is 5.04. The van der Waals surface area contributed by atoms with Gasteiger partial charge in [0.05, 0.1) is 24.1 Å². The van der Waals surface area contributed by atoms with Crippen molar-refractivity contribution in [3.8, 4) is 0 Å². The molecule has 3 atom stereocenters.